The smallest absolute Gasteiger partial charge is 0.243 e. The standard InChI is InChI=1S/C20H23BrN2O3S/c1-15(16-5-3-2-4-6-16)22-20(24)17-11-13-23(14-12-17)27(25,26)19-9-7-18(21)8-10-19/h2-10,15,17H,11-14H2,1H3,(H,22,24)/t15-/m0/s1. The number of rotatable bonds is 5. The molecule has 1 N–H and O–H groups in total. The molecule has 0 radical (unpaired) electrons. The van der Waals surface area contributed by atoms with Gasteiger partial charge in [0.15, 0.2) is 0 Å². The molecule has 0 saturated carbocycles. The summed E-state index contributed by atoms with van der Waals surface area (Å²) in [7, 11) is -3.51. The van der Waals surface area contributed by atoms with E-state index >= 15 is 0 Å². The quantitative estimate of drug-likeness (QED) is 0.754. The molecule has 7 heteroatoms. The Bertz CT molecular complexity index is 877. The molecule has 0 spiro atoms. The van der Waals surface area contributed by atoms with Crippen molar-refractivity contribution in [1.82, 2.24) is 9.62 Å². The topological polar surface area (TPSA) is 66.5 Å². The van der Waals surface area contributed by atoms with Gasteiger partial charge in [-0.15, -0.1) is 0 Å². The predicted octanol–water partition coefficient (Wildman–Crippen LogP) is 3.73. The van der Waals surface area contributed by atoms with Gasteiger partial charge < -0.3 is 5.32 Å². The number of carbonyl (C=O) groups excluding carboxylic acids is 1. The highest BCUT2D eigenvalue weighted by atomic mass is 79.9. The Morgan fingerprint density at radius 2 is 1.67 bits per heavy atom. The van der Waals surface area contributed by atoms with Crippen molar-refractivity contribution in [3.8, 4) is 0 Å². The van der Waals surface area contributed by atoms with Gasteiger partial charge in [0.2, 0.25) is 15.9 Å². The average Bonchev–Trinajstić information content (AvgIpc) is 2.69. The van der Waals surface area contributed by atoms with Gasteiger partial charge in [-0.1, -0.05) is 46.3 Å². The Balaban J connectivity index is 1.58. The molecule has 0 unspecified atom stereocenters. The van der Waals surface area contributed by atoms with E-state index in [9.17, 15) is 13.2 Å². The maximum atomic E-state index is 12.7. The molecular weight excluding hydrogens is 428 g/mol. The van der Waals surface area contributed by atoms with E-state index in [4.69, 9.17) is 0 Å². The molecule has 0 aromatic heterocycles. The zero-order valence-electron chi connectivity index (χ0n) is 15.1. The molecule has 2 aromatic carbocycles. The summed E-state index contributed by atoms with van der Waals surface area (Å²) in [6.07, 6.45) is 1.06. The van der Waals surface area contributed by atoms with Crippen LogP contribution in [-0.2, 0) is 14.8 Å². The van der Waals surface area contributed by atoms with Crippen molar-refractivity contribution < 1.29 is 13.2 Å². The van der Waals surface area contributed by atoms with Crippen LogP contribution in [-0.4, -0.2) is 31.7 Å². The third-order valence-corrected chi connectivity index (χ3v) is 7.38. The SMILES string of the molecule is C[C@H](NC(=O)C1CCN(S(=O)(=O)c2ccc(Br)cc2)CC1)c1ccccc1. The van der Waals surface area contributed by atoms with Crippen molar-refractivity contribution in [2.45, 2.75) is 30.7 Å². The molecule has 1 fully saturated rings. The van der Waals surface area contributed by atoms with Gasteiger partial charge in [-0.3, -0.25) is 4.79 Å². The van der Waals surface area contributed by atoms with Crippen molar-refractivity contribution >= 4 is 31.9 Å². The van der Waals surface area contributed by atoms with Crippen LogP contribution in [0.4, 0.5) is 0 Å². The predicted molar refractivity (Wildman–Crippen MR) is 109 cm³/mol. The minimum Gasteiger partial charge on any atom is -0.349 e. The Morgan fingerprint density at radius 3 is 2.26 bits per heavy atom. The number of halogens is 1. The number of hydrogen-bond donors (Lipinski definition) is 1. The summed E-state index contributed by atoms with van der Waals surface area (Å²) < 4.78 is 27.8. The monoisotopic (exact) mass is 450 g/mol. The van der Waals surface area contributed by atoms with Crippen LogP contribution in [0.3, 0.4) is 0 Å². The summed E-state index contributed by atoms with van der Waals surface area (Å²) >= 11 is 3.32. The van der Waals surface area contributed by atoms with Crippen LogP contribution in [0.25, 0.3) is 0 Å². The Kier molecular flexibility index (Phi) is 6.34. The van der Waals surface area contributed by atoms with Gasteiger partial charge in [0, 0.05) is 23.5 Å². The van der Waals surface area contributed by atoms with Crippen LogP contribution < -0.4 is 5.32 Å². The lowest BCUT2D eigenvalue weighted by atomic mass is 9.96. The van der Waals surface area contributed by atoms with Gasteiger partial charge in [0.25, 0.3) is 0 Å². The fourth-order valence-electron chi connectivity index (χ4n) is 3.27. The van der Waals surface area contributed by atoms with E-state index in [1.54, 1.807) is 24.3 Å². The number of sulfonamides is 1. The molecule has 1 saturated heterocycles. The van der Waals surface area contributed by atoms with Crippen LogP contribution in [0.5, 0.6) is 0 Å². The number of nitrogens with one attached hydrogen (secondary N) is 1. The first-order valence-electron chi connectivity index (χ1n) is 8.99. The number of hydrogen-bond acceptors (Lipinski definition) is 3. The van der Waals surface area contributed by atoms with Gasteiger partial charge in [-0.05, 0) is 49.6 Å². The summed E-state index contributed by atoms with van der Waals surface area (Å²) in [5.41, 5.74) is 1.06. The fourth-order valence-corrected chi connectivity index (χ4v) is 5.00. The molecule has 1 heterocycles. The average molecular weight is 451 g/mol. The maximum absolute atomic E-state index is 12.7. The van der Waals surface area contributed by atoms with Gasteiger partial charge in [0.05, 0.1) is 10.9 Å². The van der Waals surface area contributed by atoms with Gasteiger partial charge in [-0.2, -0.15) is 4.31 Å². The lowest BCUT2D eigenvalue weighted by molar-refractivity contribution is -0.126. The Hall–Kier alpha value is -1.70. The molecule has 27 heavy (non-hydrogen) atoms. The van der Waals surface area contributed by atoms with Crippen molar-refractivity contribution in [2.75, 3.05) is 13.1 Å². The van der Waals surface area contributed by atoms with E-state index in [0.717, 1.165) is 10.0 Å². The van der Waals surface area contributed by atoms with Crippen molar-refractivity contribution in [2.24, 2.45) is 5.92 Å². The Labute approximate surface area is 169 Å². The Morgan fingerprint density at radius 1 is 1.07 bits per heavy atom. The third kappa shape index (κ3) is 4.78. The van der Waals surface area contributed by atoms with E-state index in [-0.39, 0.29) is 22.8 Å². The molecule has 1 atom stereocenters. The number of amides is 1. The molecule has 2 aromatic rings. The zero-order valence-corrected chi connectivity index (χ0v) is 17.5. The molecular formula is C20H23BrN2O3S. The molecule has 5 nitrogen and oxygen atoms in total. The van der Waals surface area contributed by atoms with Crippen LogP contribution in [0.2, 0.25) is 0 Å². The second-order valence-electron chi connectivity index (χ2n) is 6.77. The number of piperidine rings is 1. The van der Waals surface area contributed by atoms with Gasteiger partial charge in [-0.25, -0.2) is 8.42 Å². The largest absolute Gasteiger partial charge is 0.349 e. The minimum atomic E-state index is -3.51. The molecule has 0 bridgehead atoms. The van der Waals surface area contributed by atoms with Crippen LogP contribution >= 0.6 is 15.9 Å². The first-order chi connectivity index (χ1) is 12.9. The summed E-state index contributed by atoms with van der Waals surface area (Å²) in [4.78, 5) is 12.8. The number of nitrogens with zero attached hydrogens (tertiary/aromatic N) is 1. The fraction of sp³-hybridized carbons (Fsp3) is 0.350. The first-order valence-corrected chi connectivity index (χ1v) is 11.2. The summed E-state index contributed by atoms with van der Waals surface area (Å²) in [5.74, 6) is -0.167. The molecule has 3 rings (SSSR count). The maximum Gasteiger partial charge on any atom is 0.243 e. The first kappa shape index (κ1) is 20.0. The van der Waals surface area contributed by atoms with E-state index in [0.29, 0.717) is 25.9 Å². The lowest BCUT2D eigenvalue weighted by Crippen LogP contribution is -2.43. The van der Waals surface area contributed by atoms with Crippen molar-refractivity contribution in [3.63, 3.8) is 0 Å². The molecule has 1 amide bonds. The second-order valence-corrected chi connectivity index (χ2v) is 9.63. The van der Waals surface area contributed by atoms with Gasteiger partial charge in [0.1, 0.15) is 0 Å². The van der Waals surface area contributed by atoms with E-state index in [2.05, 4.69) is 21.2 Å². The summed E-state index contributed by atoms with van der Waals surface area (Å²) in [6, 6.07) is 16.4. The molecule has 1 aliphatic rings. The number of benzene rings is 2. The molecule has 144 valence electrons. The number of carbonyl (C=O) groups is 1. The van der Waals surface area contributed by atoms with E-state index < -0.39 is 10.0 Å². The highest BCUT2D eigenvalue weighted by Gasteiger charge is 2.32. The zero-order chi connectivity index (χ0) is 19.4. The van der Waals surface area contributed by atoms with Crippen LogP contribution in [0.15, 0.2) is 64.0 Å². The minimum absolute atomic E-state index is 0.00737. The normalized spacial score (nSPS) is 17.4. The van der Waals surface area contributed by atoms with Crippen molar-refractivity contribution in [1.29, 1.82) is 0 Å². The van der Waals surface area contributed by atoms with E-state index in [1.165, 1.54) is 4.31 Å². The third-order valence-electron chi connectivity index (χ3n) is 4.93. The van der Waals surface area contributed by atoms with Crippen LogP contribution in [0.1, 0.15) is 31.4 Å². The second kappa shape index (κ2) is 8.54. The van der Waals surface area contributed by atoms with E-state index in [1.807, 2.05) is 37.3 Å². The molecule has 0 aliphatic carbocycles. The highest BCUT2D eigenvalue weighted by molar-refractivity contribution is 9.10. The van der Waals surface area contributed by atoms with Crippen LogP contribution in [0, 0.1) is 5.92 Å². The summed E-state index contributed by atoms with van der Waals surface area (Å²) in [5, 5.41) is 3.05. The highest BCUT2D eigenvalue weighted by Crippen LogP contribution is 2.25. The molecule has 1 aliphatic heterocycles. The van der Waals surface area contributed by atoms with Gasteiger partial charge >= 0.3 is 0 Å². The summed E-state index contributed by atoms with van der Waals surface area (Å²) in [6.45, 7) is 2.67. The van der Waals surface area contributed by atoms with Crippen molar-refractivity contribution in [3.05, 3.63) is 64.6 Å². The lowest BCUT2D eigenvalue weighted by Gasteiger charge is -2.31.